The molecule has 4 N–H and O–H groups in total. The van der Waals surface area contributed by atoms with Crippen LogP contribution in [0.3, 0.4) is 0 Å². The summed E-state index contributed by atoms with van der Waals surface area (Å²) >= 11 is 0. The minimum Gasteiger partial charge on any atom is -0.445 e. The van der Waals surface area contributed by atoms with Gasteiger partial charge in [0, 0.05) is 6.54 Å². The molecule has 0 unspecified atom stereocenters. The molecule has 1 rings (SSSR count). The fraction of sp³-hybridized carbons (Fsp3) is 0.222. The highest BCUT2D eigenvalue weighted by atomic mass is 16.5. The van der Waals surface area contributed by atoms with Gasteiger partial charge in [-0.15, -0.1) is 0 Å². The van der Waals surface area contributed by atoms with Gasteiger partial charge in [-0.1, -0.05) is 24.3 Å². The van der Waals surface area contributed by atoms with E-state index in [0.717, 1.165) is 11.1 Å². The van der Waals surface area contributed by atoms with E-state index < -0.39 is 6.09 Å². The summed E-state index contributed by atoms with van der Waals surface area (Å²) in [5, 5.41) is 0. The molecule has 0 saturated carbocycles. The van der Waals surface area contributed by atoms with E-state index in [1.165, 1.54) is 0 Å². The fourth-order valence-electron chi connectivity index (χ4n) is 0.926. The Morgan fingerprint density at radius 2 is 1.77 bits per heavy atom. The van der Waals surface area contributed by atoms with Crippen molar-refractivity contribution < 1.29 is 9.53 Å². The molecule has 4 heteroatoms. The largest absolute Gasteiger partial charge is 0.445 e. The van der Waals surface area contributed by atoms with Gasteiger partial charge in [-0.3, -0.25) is 0 Å². The summed E-state index contributed by atoms with van der Waals surface area (Å²) < 4.78 is 4.61. The lowest BCUT2D eigenvalue weighted by Gasteiger charge is -2.02. The predicted octanol–water partition coefficient (Wildman–Crippen LogP) is 0.741. The smallest absolute Gasteiger partial charge is 0.404 e. The second-order valence-electron chi connectivity index (χ2n) is 2.63. The highest BCUT2D eigenvalue weighted by Crippen LogP contribution is 2.04. The molecule has 0 aromatic heterocycles. The van der Waals surface area contributed by atoms with E-state index in [1.54, 1.807) is 0 Å². The lowest BCUT2D eigenvalue weighted by molar-refractivity contribution is 0.150. The van der Waals surface area contributed by atoms with Gasteiger partial charge in [-0.05, 0) is 11.1 Å². The van der Waals surface area contributed by atoms with E-state index in [4.69, 9.17) is 11.5 Å². The molecule has 0 radical (unpaired) electrons. The quantitative estimate of drug-likeness (QED) is 0.720. The third kappa shape index (κ3) is 3.13. The van der Waals surface area contributed by atoms with Gasteiger partial charge >= 0.3 is 6.09 Å². The lowest BCUT2D eigenvalue weighted by Crippen LogP contribution is -2.12. The Balaban J connectivity index is 2.54. The van der Waals surface area contributed by atoms with Crippen LogP contribution in [0.4, 0.5) is 4.79 Å². The first-order valence-corrected chi connectivity index (χ1v) is 3.92. The Hall–Kier alpha value is -1.55. The van der Waals surface area contributed by atoms with E-state index in [1.807, 2.05) is 24.3 Å². The van der Waals surface area contributed by atoms with Gasteiger partial charge in [0.25, 0.3) is 0 Å². The molecular weight excluding hydrogens is 168 g/mol. The predicted molar refractivity (Wildman–Crippen MR) is 48.7 cm³/mol. The van der Waals surface area contributed by atoms with Crippen LogP contribution >= 0.6 is 0 Å². The van der Waals surface area contributed by atoms with Crippen molar-refractivity contribution in [3.63, 3.8) is 0 Å². The van der Waals surface area contributed by atoms with Crippen LogP contribution in [0.5, 0.6) is 0 Å². The molecule has 0 aliphatic carbocycles. The minimum atomic E-state index is -0.761. The molecule has 0 fully saturated rings. The number of amides is 1. The Bertz CT molecular complexity index is 282. The van der Waals surface area contributed by atoms with Gasteiger partial charge in [-0.25, -0.2) is 4.79 Å². The second kappa shape index (κ2) is 4.47. The first-order chi connectivity index (χ1) is 6.22. The average Bonchev–Trinajstić information content (AvgIpc) is 2.15. The summed E-state index contributed by atoms with van der Waals surface area (Å²) in [5.41, 5.74) is 12.2. The summed E-state index contributed by atoms with van der Waals surface area (Å²) in [6.07, 6.45) is -0.761. The SMILES string of the molecule is NCc1ccc(COC(N)=O)cc1. The summed E-state index contributed by atoms with van der Waals surface area (Å²) in [6.45, 7) is 0.719. The molecule has 1 aromatic carbocycles. The van der Waals surface area contributed by atoms with Crippen LogP contribution in [0.1, 0.15) is 11.1 Å². The van der Waals surface area contributed by atoms with Crippen LogP contribution in [0.15, 0.2) is 24.3 Å². The standard InChI is InChI=1S/C9H12N2O2/c10-5-7-1-3-8(4-2-7)6-13-9(11)12/h1-4H,5-6,10H2,(H2,11,12). The zero-order valence-corrected chi connectivity index (χ0v) is 7.19. The van der Waals surface area contributed by atoms with Gasteiger partial charge in [0.15, 0.2) is 0 Å². The van der Waals surface area contributed by atoms with Crippen molar-refractivity contribution in [3.8, 4) is 0 Å². The number of hydrogen-bond donors (Lipinski definition) is 2. The Labute approximate surface area is 76.5 Å². The molecule has 0 aliphatic heterocycles. The van der Waals surface area contributed by atoms with Crippen LogP contribution in [0, 0.1) is 0 Å². The molecule has 0 aliphatic rings. The van der Waals surface area contributed by atoms with Crippen molar-refractivity contribution in [2.45, 2.75) is 13.2 Å². The number of hydrogen-bond acceptors (Lipinski definition) is 3. The maximum atomic E-state index is 10.3. The van der Waals surface area contributed by atoms with Gasteiger partial charge in [0.2, 0.25) is 0 Å². The van der Waals surface area contributed by atoms with E-state index >= 15 is 0 Å². The Morgan fingerprint density at radius 3 is 2.23 bits per heavy atom. The van der Waals surface area contributed by atoms with Crippen LogP contribution in [-0.2, 0) is 17.9 Å². The highest BCUT2D eigenvalue weighted by Gasteiger charge is 1.96. The fourth-order valence-corrected chi connectivity index (χ4v) is 0.926. The van der Waals surface area contributed by atoms with Crippen molar-refractivity contribution in [2.75, 3.05) is 0 Å². The number of ether oxygens (including phenoxy) is 1. The molecule has 4 nitrogen and oxygen atoms in total. The summed E-state index contributed by atoms with van der Waals surface area (Å²) in [4.78, 5) is 10.3. The normalized spacial score (nSPS) is 9.62. The Morgan fingerprint density at radius 1 is 1.23 bits per heavy atom. The molecule has 0 spiro atoms. The summed E-state index contributed by atoms with van der Waals surface area (Å²) in [7, 11) is 0. The number of carbonyl (C=O) groups excluding carboxylic acids is 1. The van der Waals surface area contributed by atoms with E-state index in [9.17, 15) is 4.79 Å². The number of primary amides is 1. The zero-order chi connectivity index (χ0) is 9.68. The number of carbonyl (C=O) groups is 1. The van der Waals surface area contributed by atoms with E-state index in [2.05, 4.69) is 4.74 Å². The molecule has 0 saturated heterocycles. The highest BCUT2D eigenvalue weighted by molar-refractivity contribution is 5.64. The van der Waals surface area contributed by atoms with Crippen molar-refractivity contribution in [1.82, 2.24) is 0 Å². The van der Waals surface area contributed by atoms with E-state index in [-0.39, 0.29) is 6.61 Å². The van der Waals surface area contributed by atoms with Crippen molar-refractivity contribution in [2.24, 2.45) is 11.5 Å². The van der Waals surface area contributed by atoms with Gasteiger partial charge in [0.05, 0.1) is 0 Å². The number of rotatable bonds is 3. The van der Waals surface area contributed by atoms with Crippen LogP contribution in [0.2, 0.25) is 0 Å². The maximum absolute atomic E-state index is 10.3. The van der Waals surface area contributed by atoms with Crippen molar-refractivity contribution in [3.05, 3.63) is 35.4 Å². The maximum Gasteiger partial charge on any atom is 0.404 e. The second-order valence-corrected chi connectivity index (χ2v) is 2.63. The first-order valence-electron chi connectivity index (χ1n) is 3.92. The van der Waals surface area contributed by atoms with Gasteiger partial charge < -0.3 is 16.2 Å². The molecule has 0 heterocycles. The minimum absolute atomic E-state index is 0.209. The molecule has 1 aromatic rings. The van der Waals surface area contributed by atoms with Crippen LogP contribution in [0.25, 0.3) is 0 Å². The molecule has 13 heavy (non-hydrogen) atoms. The van der Waals surface area contributed by atoms with Crippen molar-refractivity contribution in [1.29, 1.82) is 0 Å². The third-order valence-corrected chi connectivity index (χ3v) is 1.64. The zero-order valence-electron chi connectivity index (χ0n) is 7.19. The molecule has 0 bridgehead atoms. The van der Waals surface area contributed by atoms with E-state index in [0.29, 0.717) is 6.54 Å². The molecule has 70 valence electrons. The number of nitrogens with two attached hydrogens (primary N) is 2. The molecule has 1 amide bonds. The van der Waals surface area contributed by atoms with Crippen LogP contribution < -0.4 is 11.5 Å². The average molecular weight is 180 g/mol. The molecule has 0 atom stereocenters. The first kappa shape index (κ1) is 9.54. The summed E-state index contributed by atoms with van der Waals surface area (Å²) in [5.74, 6) is 0. The topological polar surface area (TPSA) is 78.3 Å². The van der Waals surface area contributed by atoms with Gasteiger partial charge in [-0.2, -0.15) is 0 Å². The van der Waals surface area contributed by atoms with Crippen LogP contribution in [-0.4, -0.2) is 6.09 Å². The Kier molecular flexibility index (Phi) is 3.28. The third-order valence-electron chi connectivity index (χ3n) is 1.64. The molecular formula is C9H12N2O2. The number of benzene rings is 1. The lowest BCUT2D eigenvalue weighted by atomic mass is 10.1. The summed E-state index contributed by atoms with van der Waals surface area (Å²) in [6, 6.07) is 7.48. The van der Waals surface area contributed by atoms with Gasteiger partial charge in [0.1, 0.15) is 6.61 Å². The van der Waals surface area contributed by atoms with Crippen molar-refractivity contribution >= 4 is 6.09 Å². The monoisotopic (exact) mass is 180 g/mol.